The smallest absolute Gasteiger partial charge is 0.340 e. The summed E-state index contributed by atoms with van der Waals surface area (Å²) in [6.07, 6.45) is 0. The molecule has 3 rings (SSSR count). The minimum absolute atomic E-state index is 0.135. The zero-order valence-corrected chi connectivity index (χ0v) is 18.7. The molecule has 2 amide bonds. The van der Waals surface area contributed by atoms with Crippen molar-refractivity contribution < 1.29 is 28.2 Å². The summed E-state index contributed by atoms with van der Waals surface area (Å²) < 4.78 is 23.8. The number of hydrogen-bond donors (Lipinski definition) is 3. The number of nitrogens with one attached hydrogen (secondary N) is 3. The van der Waals surface area contributed by atoms with E-state index >= 15 is 0 Å². The van der Waals surface area contributed by atoms with Crippen molar-refractivity contribution in [2.24, 2.45) is 0 Å². The summed E-state index contributed by atoms with van der Waals surface area (Å²) in [6, 6.07) is 9.97. The highest BCUT2D eigenvalue weighted by molar-refractivity contribution is 6.08. The molecule has 0 atom stereocenters. The van der Waals surface area contributed by atoms with E-state index in [1.54, 1.807) is 32.9 Å². The Hall–Kier alpha value is -4.14. The van der Waals surface area contributed by atoms with E-state index in [9.17, 15) is 18.8 Å². The summed E-state index contributed by atoms with van der Waals surface area (Å²) in [4.78, 5) is 40.5. The molecule has 3 aromatic rings. The van der Waals surface area contributed by atoms with Crippen LogP contribution >= 0.6 is 0 Å². The molecule has 172 valence electrons. The molecular weight excluding hydrogens is 429 g/mol. The van der Waals surface area contributed by atoms with Gasteiger partial charge in [-0.05, 0) is 62.7 Å². The van der Waals surface area contributed by atoms with Crippen LogP contribution in [-0.4, -0.2) is 36.5 Å². The number of carbonyl (C=O) groups is 3. The lowest BCUT2D eigenvalue weighted by Crippen LogP contribution is -2.16. The molecule has 9 heteroatoms. The number of aromatic amines is 1. The third kappa shape index (κ3) is 5.20. The van der Waals surface area contributed by atoms with Gasteiger partial charge in [-0.3, -0.25) is 9.59 Å². The zero-order valence-electron chi connectivity index (χ0n) is 18.7. The van der Waals surface area contributed by atoms with Crippen LogP contribution in [0.3, 0.4) is 0 Å². The first-order valence-electron chi connectivity index (χ1n) is 10.2. The van der Waals surface area contributed by atoms with Crippen LogP contribution in [0.1, 0.15) is 49.4 Å². The molecule has 8 nitrogen and oxygen atoms in total. The van der Waals surface area contributed by atoms with Crippen LogP contribution in [0.15, 0.2) is 42.5 Å². The number of benzene rings is 2. The average Bonchev–Trinajstić information content (AvgIpc) is 3.08. The van der Waals surface area contributed by atoms with Gasteiger partial charge >= 0.3 is 5.97 Å². The molecule has 0 aliphatic heterocycles. The van der Waals surface area contributed by atoms with Crippen molar-refractivity contribution in [1.29, 1.82) is 0 Å². The maximum atomic E-state index is 13.5. The van der Waals surface area contributed by atoms with Crippen molar-refractivity contribution in [2.75, 3.05) is 24.4 Å². The fourth-order valence-electron chi connectivity index (χ4n) is 3.39. The molecule has 1 aromatic heterocycles. The zero-order chi connectivity index (χ0) is 24.1. The minimum Gasteiger partial charge on any atom is -0.495 e. The van der Waals surface area contributed by atoms with Gasteiger partial charge in [-0.1, -0.05) is 6.07 Å². The lowest BCUT2D eigenvalue weighted by Gasteiger charge is -2.13. The minimum atomic E-state index is -0.536. The molecule has 0 radical (unpaired) electrons. The Labute approximate surface area is 190 Å². The number of methoxy groups -OCH3 is 1. The lowest BCUT2D eigenvalue weighted by molar-refractivity contribution is 0.0524. The summed E-state index contributed by atoms with van der Waals surface area (Å²) in [5.74, 6) is -1.69. The highest BCUT2D eigenvalue weighted by Gasteiger charge is 2.23. The molecule has 0 spiro atoms. The van der Waals surface area contributed by atoms with Crippen molar-refractivity contribution >= 4 is 29.2 Å². The molecule has 2 aromatic carbocycles. The highest BCUT2D eigenvalue weighted by atomic mass is 19.1. The van der Waals surface area contributed by atoms with Crippen molar-refractivity contribution in [3.63, 3.8) is 0 Å². The topological polar surface area (TPSA) is 110 Å². The summed E-state index contributed by atoms with van der Waals surface area (Å²) in [7, 11) is 1.44. The SMILES string of the molecule is CCOC(=O)c1c(C)[nH]c(C(=O)Nc2ccc(OC)c(NC(=O)c3cccc(F)c3)c2)c1C. The van der Waals surface area contributed by atoms with E-state index in [1.165, 1.54) is 31.4 Å². The summed E-state index contributed by atoms with van der Waals surface area (Å²) in [6.45, 7) is 5.27. The Morgan fingerprint density at radius 1 is 1.03 bits per heavy atom. The number of aromatic nitrogens is 1. The number of H-pyrrole nitrogens is 1. The van der Waals surface area contributed by atoms with Crippen LogP contribution in [0.4, 0.5) is 15.8 Å². The Morgan fingerprint density at radius 2 is 1.79 bits per heavy atom. The number of carbonyl (C=O) groups excluding carboxylic acids is 3. The Bertz CT molecular complexity index is 1220. The van der Waals surface area contributed by atoms with Crippen molar-refractivity contribution in [3.05, 3.63) is 76.4 Å². The Kier molecular flexibility index (Phi) is 7.12. The first-order valence-corrected chi connectivity index (χ1v) is 10.2. The van der Waals surface area contributed by atoms with Gasteiger partial charge in [0.2, 0.25) is 0 Å². The van der Waals surface area contributed by atoms with Gasteiger partial charge in [0.1, 0.15) is 17.3 Å². The van der Waals surface area contributed by atoms with Gasteiger partial charge in [-0.15, -0.1) is 0 Å². The fourth-order valence-corrected chi connectivity index (χ4v) is 3.39. The Morgan fingerprint density at radius 3 is 2.45 bits per heavy atom. The van der Waals surface area contributed by atoms with Gasteiger partial charge in [-0.25, -0.2) is 9.18 Å². The van der Waals surface area contributed by atoms with Crippen molar-refractivity contribution in [3.8, 4) is 5.75 Å². The Balaban J connectivity index is 1.83. The van der Waals surface area contributed by atoms with Crippen LogP contribution < -0.4 is 15.4 Å². The van der Waals surface area contributed by atoms with E-state index in [-0.39, 0.29) is 23.6 Å². The maximum Gasteiger partial charge on any atom is 0.340 e. The van der Waals surface area contributed by atoms with E-state index < -0.39 is 23.6 Å². The molecule has 0 aliphatic carbocycles. The van der Waals surface area contributed by atoms with E-state index in [0.29, 0.717) is 28.3 Å². The summed E-state index contributed by atoms with van der Waals surface area (Å²) in [5.41, 5.74) is 2.33. The highest BCUT2D eigenvalue weighted by Crippen LogP contribution is 2.29. The van der Waals surface area contributed by atoms with E-state index in [2.05, 4.69) is 15.6 Å². The first kappa shape index (κ1) is 23.5. The molecule has 0 saturated carbocycles. The third-order valence-corrected chi connectivity index (χ3v) is 4.94. The van der Waals surface area contributed by atoms with Gasteiger partial charge in [0.15, 0.2) is 0 Å². The van der Waals surface area contributed by atoms with Crippen LogP contribution in [0, 0.1) is 19.7 Å². The number of aryl methyl sites for hydroxylation is 1. The van der Waals surface area contributed by atoms with Crippen LogP contribution in [0.25, 0.3) is 0 Å². The second-order valence-corrected chi connectivity index (χ2v) is 7.18. The molecule has 1 heterocycles. The fraction of sp³-hybridized carbons (Fsp3) is 0.208. The van der Waals surface area contributed by atoms with Gasteiger partial charge in [0.25, 0.3) is 11.8 Å². The number of halogens is 1. The van der Waals surface area contributed by atoms with Crippen molar-refractivity contribution in [1.82, 2.24) is 4.98 Å². The van der Waals surface area contributed by atoms with Gasteiger partial charge in [0.05, 0.1) is 25.0 Å². The van der Waals surface area contributed by atoms with Gasteiger partial charge in [-0.2, -0.15) is 0 Å². The standard InChI is InChI=1S/C24H24FN3O5/c1-5-33-24(31)20-13(2)21(26-14(20)3)23(30)27-17-9-10-19(32-4)18(12-17)28-22(29)15-7-6-8-16(25)11-15/h6-12,26H,5H2,1-4H3,(H,27,30)(H,28,29). The van der Waals surface area contributed by atoms with Crippen molar-refractivity contribution in [2.45, 2.75) is 20.8 Å². The number of rotatable bonds is 7. The van der Waals surface area contributed by atoms with E-state index in [1.807, 2.05) is 0 Å². The average molecular weight is 453 g/mol. The molecular formula is C24H24FN3O5. The normalized spacial score (nSPS) is 10.5. The van der Waals surface area contributed by atoms with E-state index in [0.717, 1.165) is 6.07 Å². The number of anilines is 2. The largest absolute Gasteiger partial charge is 0.495 e. The third-order valence-electron chi connectivity index (χ3n) is 4.94. The van der Waals surface area contributed by atoms with Crippen LogP contribution in [0.2, 0.25) is 0 Å². The number of esters is 1. The molecule has 0 bridgehead atoms. The number of amides is 2. The van der Waals surface area contributed by atoms with Crippen LogP contribution in [-0.2, 0) is 4.74 Å². The lowest BCUT2D eigenvalue weighted by atomic mass is 10.1. The number of ether oxygens (including phenoxy) is 2. The maximum absolute atomic E-state index is 13.5. The molecule has 33 heavy (non-hydrogen) atoms. The second-order valence-electron chi connectivity index (χ2n) is 7.18. The predicted octanol–water partition coefficient (Wildman–Crippen LogP) is 4.46. The quantitative estimate of drug-likeness (QED) is 0.458. The molecule has 0 aliphatic rings. The van der Waals surface area contributed by atoms with Gasteiger partial charge in [0, 0.05) is 16.9 Å². The van der Waals surface area contributed by atoms with E-state index in [4.69, 9.17) is 9.47 Å². The second kappa shape index (κ2) is 9.99. The molecule has 3 N–H and O–H groups in total. The summed E-state index contributed by atoms with van der Waals surface area (Å²) in [5, 5.41) is 5.40. The van der Waals surface area contributed by atoms with Crippen LogP contribution in [0.5, 0.6) is 5.75 Å². The molecule has 0 saturated heterocycles. The monoisotopic (exact) mass is 453 g/mol. The molecule has 0 fully saturated rings. The summed E-state index contributed by atoms with van der Waals surface area (Å²) >= 11 is 0. The van der Waals surface area contributed by atoms with Gasteiger partial charge < -0.3 is 25.1 Å². The number of hydrogen-bond acceptors (Lipinski definition) is 5. The molecule has 0 unspecified atom stereocenters. The first-order chi connectivity index (χ1) is 15.7. The predicted molar refractivity (Wildman–Crippen MR) is 122 cm³/mol.